The van der Waals surface area contributed by atoms with Crippen LogP contribution in [0.4, 0.5) is 8.78 Å². The van der Waals surface area contributed by atoms with Crippen LogP contribution in [0.2, 0.25) is 5.02 Å². The average molecular weight is 334 g/mol. The zero-order valence-corrected chi connectivity index (χ0v) is 11.4. The fourth-order valence-corrected chi connectivity index (χ4v) is 2.04. The predicted molar refractivity (Wildman–Crippen MR) is 69.8 cm³/mol. The SMILES string of the molecule is Fc1cc(Br)cc(OCc2cc(F)ccc2Cl)c1. The van der Waals surface area contributed by atoms with Gasteiger partial charge in [-0.1, -0.05) is 27.5 Å². The van der Waals surface area contributed by atoms with Crippen LogP contribution in [0.25, 0.3) is 0 Å². The Balaban J connectivity index is 2.13. The number of benzene rings is 2. The third kappa shape index (κ3) is 3.43. The lowest BCUT2D eigenvalue weighted by atomic mass is 10.2. The Morgan fingerprint density at radius 3 is 2.56 bits per heavy atom. The van der Waals surface area contributed by atoms with E-state index < -0.39 is 11.6 Å². The Morgan fingerprint density at radius 1 is 1.06 bits per heavy atom. The second-order valence-corrected chi connectivity index (χ2v) is 4.95. The van der Waals surface area contributed by atoms with Gasteiger partial charge in [-0.25, -0.2) is 8.78 Å². The predicted octanol–water partition coefficient (Wildman–Crippen LogP) is 4.96. The molecule has 0 N–H and O–H groups in total. The zero-order chi connectivity index (χ0) is 13.1. The van der Waals surface area contributed by atoms with E-state index >= 15 is 0 Å². The fraction of sp³-hybridized carbons (Fsp3) is 0.0769. The van der Waals surface area contributed by atoms with Gasteiger partial charge in [0, 0.05) is 21.1 Å². The second kappa shape index (κ2) is 5.67. The first-order valence-electron chi connectivity index (χ1n) is 5.07. The lowest BCUT2D eigenvalue weighted by Crippen LogP contribution is -1.97. The minimum Gasteiger partial charge on any atom is -0.489 e. The van der Waals surface area contributed by atoms with Crippen molar-refractivity contribution in [3.8, 4) is 5.75 Å². The van der Waals surface area contributed by atoms with Gasteiger partial charge in [-0.3, -0.25) is 0 Å². The highest BCUT2D eigenvalue weighted by molar-refractivity contribution is 9.10. The molecular formula is C13H8BrClF2O. The molecule has 0 amide bonds. The van der Waals surface area contributed by atoms with E-state index in [1.165, 1.54) is 30.3 Å². The number of halogens is 4. The Bertz CT molecular complexity index is 555. The summed E-state index contributed by atoms with van der Waals surface area (Å²) in [5.74, 6) is -0.453. The molecule has 0 atom stereocenters. The third-order valence-electron chi connectivity index (χ3n) is 2.24. The van der Waals surface area contributed by atoms with Crippen molar-refractivity contribution in [2.45, 2.75) is 6.61 Å². The van der Waals surface area contributed by atoms with Gasteiger partial charge in [-0.2, -0.15) is 0 Å². The molecule has 2 rings (SSSR count). The van der Waals surface area contributed by atoms with Crippen molar-refractivity contribution < 1.29 is 13.5 Å². The summed E-state index contributed by atoms with van der Waals surface area (Å²) >= 11 is 9.05. The number of hydrogen-bond acceptors (Lipinski definition) is 1. The van der Waals surface area contributed by atoms with Gasteiger partial charge in [0.2, 0.25) is 0 Å². The van der Waals surface area contributed by atoms with E-state index in [1.807, 2.05) is 0 Å². The van der Waals surface area contributed by atoms with Gasteiger partial charge in [0.1, 0.15) is 24.0 Å². The van der Waals surface area contributed by atoms with Gasteiger partial charge >= 0.3 is 0 Å². The van der Waals surface area contributed by atoms with Crippen molar-refractivity contribution in [3.63, 3.8) is 0 Å². The average Bonchev–Trinajstić information content (AvgIpc) is 2.29. The van der Waals surface area contributed by atoms with Crippen LogP contribution >= 0.6 is 27.5 Å². The maximum absolute atomic E-state index is 13.1. The van der Waals surface area contributed by atoms with Crippen LogP contribution in [0.5, 0.6) is 5.75 Å². The molecule has 0 fully saturated rings. The van der Waals surface area contributed by atoms with Crippen molar-refractivity contribution in [1.29, 1.82) is 0 Å². The van der Waals surface area contributed by atoms with Crippen LogP contribution < -0.4 is 4.74 Å². The summed E-state index contributed by atoms with van der Waals surface area (Å²) in [5.41, 5.74) is 0.511. The van der Waals surface area contributed by atoms with Crippen LogP contribution in [-0.2, 0) is 6.61 Å². The van der Waals surface area contributed by atoms with Gasteiger partial charge in [0.15, 0.2) is 0 Å². The molecule has 5 heteroatoms. The van der Waals surface area contributed by atoms with Gasteiger partial charge in [0.25, 0.3) is 0 Å². The summed E-state index contributed by atoms with van der Waals surface area (Å²) in [5, 5.41) is 0.409. The first-order chi connectivity index (χ1) is 8.54. The molecule has 0 saturated carbocycles. The van der Waals surface area contributed by atoms with E-state index in [1.54, 1.807) is 6.07 Å². The highest BCUT2D eigenvalue weighted by atomic mass is 79.9. The van der Waals surface area contributed by atoms with Gasteiger partial charge in [0.05, 0.1) is 0 Å². The van der Waals surface area contributed by atoms with E-state index in [0.717, 1.165) is 0 Å². The molecule has 94 valence electrons. The third-order valence-corrected chi connectivity index (χ3v) is 3.06. The molecule has 0 aromatic heterocycles. The van der Waals surface area contributed by atoms with E-state index in [2.05, 4.69) is 15.9 Å². The van der Waals surface area contributed by atoms with Crippen LogP contribution in [0.3, 0.4) is 0 Å². The minimum absolute atomic E-state index is 0.0759. The van der Waals surface area contributed by atoms with Crippen molar-refractivity contribution in [2.24, 2.45) is 0 Å². The molecule has 0 bridgehead atoms. The monoisotopic (exact) mass is 332 g/mol. The second-order valence-electron chi connectivity index (χ2n) is 3.63. The smallest absolute Gasteiger partial charge is 0.128 e. The van der Waals surface area contributed by atoms with Crippen LogP contribution in [0.15, 0.2) is 40.9 Å². The maximum atomic E-state index is 13.1. The molecule has 0 radical (unpaired) electrons. The molecule has 0 saturated heterocycles. The molecule has 18 heavy (non-hydrogen) atoms. The van der Waals surface area contributed by atoms with Crippen molar-refractivity contribution in [1.82, 2.24) is 0 Å². The Hall–Kier alpha value is -1.13. The molecule has 2 aromatic carbocycles. The van der Waals surface area contributed by atoms with Gasteiger partial charge in [-0.05, 0) is 30.3 Å². The largest absolute Gasteiger partial charge is 0.489 e. The first kappa shape index (κ1) is 13.3. The van der Waals surface area contributed by atoms with Crippen LogP contribution in [-0.4, -0.2) is 0 Å². The summed E-state index contributed by atoms with van der Waals surface area (Å²) in [6.07, 6.45) is 0. The summed E-state index contributed by atoms with van der Waals surface area (Å²) in [7, 11) is 0. The molecule has 0 unspecified atom stereocenters. The highest BCUT2D eigenvalue weighted by Crippen LogP contribution is 2.23. The highest BCUT2D eigenvalue weighted by Gasteiger charge is 2.05. The van der Waals surface area contributed by atoms with Crippen LogP contribution in [0, 0.1) is 11.6 Å². The van der Waals surface area contributed by atoms with Gasteiger partial charge < -0.3 is 4.74 Å². The number of rotatable bonds is 3. The standard InChI is InChI=1S/C13H8BrClF2O/c14-9-4-11(17)6-12(5-9)18-7-8-3-10(16)1-2-13(8)15/h1-6H,7H2. The lowest BCUT2D eigenvalue weighted by molar-refractivity contribution is 0.304. The summed E-state index contributed by atoms with van der Waals surface area (Å²) in [6, 6.07) is 8.20. The normalized spacial score (nSPS) is 10.4. The lowest BCUT2D eigenvalue weighted by Gasteiger charge is -2.08. The van der Waals surface area contributed by atoms with Crippen molar-refractivity contribution in [2.75, 3.05) is 0 Å². The Labute approximate surface area is 116 Å². The van der Waals surface area contributed by atoms with Gasteiger partial charge in [-0.15, -0.1) is 0 Å². The maximum Gasteiger partial charge on any atom is 0.128 e. The van der Waals surface area contributed by atoms with E-state index in [9.17, 15) is 8.78 Å². The van der Waals surface area contributed by atoms with Crippen LogP contribution in [0.1, 0.15) is 5.56 Å². The molecular weight excluding hydrogens is 325 g/mol. The molecule has 0 aliphatic rings. The summed E-state index contributed by atoms with van der Waals surface area (Å²) < 4.78 is 32.1. The Kier molecular flexibility index (Phi) is 4.19. The molecule has 2 aromatic rings. The number of hydrogen-bond donors (Lipinski definition) is 0. The fourth-order valence-electron chi connectivity index (χ4n) is 1.43. The summed E-state index contributed by atoms with van der Waals surface area (Å²) in [6.45, 7) is 0.0759. The van der Waals surface area contributed by atoms with Crippen molar-refractivity contribution >= 4 is 27.5 Å². The Morgan fingerprint density at radius 2 is 1.83 bits per heavy atom. The van der Waals surface area contributed by atoms with E-state index in [-0.39, 0.29) is 6.61 Å². The van der Waals surface area contributed by atoms with E-state index in [4.69, 9.17) is 16.3 Å². The quantitative estimate of drug-likeness (QED) is 0.771. The van der Waals surface area contributed by atoms with Crippen molar-refractivity contribution in [3.05, 3.63) is 63.1 Å². The molecule has 0 heterocycles. The topological polar surface area (TPSA) is 9.23 Å². The molecule has 0 spiro atoms. The molecule has 0 aliphatic heterocycles. The summed E-state index contributed by atoms with van der Waals surface area (Å²) in [4.78, 5) is 0. The minimum atomic E-state index is -0.412. The zero-order valence-electron chi connectivity index (χ0n) is 9.09. The molecule has 0 aliphatic carbocycles. The number of ether oxygens (including phenoxy) is 1. The first-order valence-corrected chi connectivity index (χ1v) is 6.24. The molecule has 1 nitrogen and oxygen atoms in total. The van der Waals surface area contributed by atoms with E-state index in [0.29, 0.717) is 20.8 Å².